The molecule has 4 aliphatic carbocycles. The molecule has 4 bridgehead atoms. The Bertz CT molecular complexity index is 453. The third-order valence-corrected chi connectivity index (χ3v) is 6.32. The minimum absolute atomic E-state index is 0.0190. The first-order valence-electron chi connectivity index (χ1n) is 8.19. The summed E-state index contributed by atoms with van der Waals surface area (Å²) in [6.07, 6.45) is 6.09. The van der Waals surface area contributed by atoms with Gasteiger partial charge in [-0.3, -0.25) is 4.79 Å². The molecule has 0 aromatic rings. The molecular formula is C16H23NO4. The number of aliphatic hydroxyl groups excluding tert-OH is 1. The summed E-state index contributed by atoms with van der Waals surface area (Å²) in [5.74, 6) is 1.03. The summed E-state index contributed by atoms with van der Waals surface area (Å²) in [6.45, 7) is 0.192. The molecule has 2 atom stereocenters. The standard InChI is InChI=1S/C16H23NO4/c18-12-4-13(14(19)20)17(8-12)15(21)16-5-9-1-10(6-16)3-11(2-9)7-16/h9-13,18H,1-8H2,(H,19,20)/t9?,10?,11?,12-,13-,16?/m0/s1. The highest BCUT2D eigenvalue weighted by atomic mass is 16.4. The quantitative estimate of drug-likeness (QED) is 0.803. The van der Waals surface area contributed by atoms with Gasteiger partial charge in [-0.05, 0) is 56.3 Å². The zero-order valence-corrected chi connectivity index (χ0v) is 12.2. The van der Waals surface area contributed by atoms with E-state index < -0.39 is 18.1 Å². The van der Waals surface area contributed by atoms with E-state index in [2.05, 4.69) is 0 Å². The molecule has 1 saturated heterocycles. The fourth-order valence-electron chi connectivity index (χ4n) is 5.95. The van der Waals surface area contributed by atoms with Crippen LogP contribution in [0.4, 0.5) is 0 Å². The van der Waals surface area contributed by atoms with Crippen molar-refractivity contribution in [1.82, 2.24) is 4.90 Å². The maximum atomic E-state index is 13.1. The van der Waals surface area contributed by atoms with E-state index >= 15 is 0 Å². The van der Waals surface area contributed by atoms with Gasteiger partial charge in [-0.2, -0.15) is 0 Å². The molecule has 2 N–H and O–H groups in total. The molecule has 1 amide bonds. The maximum Gasteiger partial charge on any atom is 0.326 e. The number of hydrogen-bond acceptors (Lipinski definition) is 3. The van der Waals surface area contributed by atoms with Crippen LogP contribution in [0.15, 0.2) is 0 Å². The van der Waals surface area contributed by atoms with Crippen molar-refractivity contribution in [3.05, 3.63) is 0 Å². The third kappa shape index (κ3) is 2.00. The fourth-order valence-corrected chi connectivity index (χ4v) is 5.95. The lowest BCUT2D eigenvalue weighted by Crippen LogP contribution is -2.56. The molecule has 21 heavy (non-hydrogen) atoms. The van der Waals surface area contributed by atoms with Crippen molar-refractivity contribution >= 4 is 11.9 Å². The van der Waals surface area contributed by atoms with Gasteiger partial charge in [0.25, 0.3) is 0 Å². The number of aliphatic hydroxyl groups is 1. The van der Waals surface area contributed by atoms with Crippen molar-refractivity contribution < 1.29 is 19.8 Å². The zero-order valence-electron chi connectivity index (χ0n) is 12.2. The topological polar surface area (TPSA) is 77.8 Å². The smallest absolute Gasteiger partial charge is 0.326 e. The number of amides is 1. The lowest BCUT2D eigenvalue weighted by atomic mass is 9.49. The van der Waals surface area contributed by atoms with Crippen LogP contribution in [0.2, 0.25) is 0 Å². The van der Waals surface area contributed by atoms with Gasteiger partial charge in [0, 0.05) is 13.0 Å². The Morgan fingerprint density at radius 2 is 1.48 bits per heavy atom. The monoisotopic (exact) mass is 293 g/mol. The van der Waals surface area contributed by atoms with E-state index in [9.17, 15) is 19.8 Å². The number of β-amino-alcohol motifs (C(OH)–C–C–N with tert-alkyl or cyclic N) is 1. The molecule has 0 radical (unpaired) electrons. The Morgan fingerprint density at radius 3 is 1.95 bits per heavy atom. The summed E-state index contributed by atoms with van der Waals surface area (Å²) in [6, 6.07) is -0.833. The number of carboxylic acid groups (broad SMARTS) is 1. The lowest BCUT2D eigenvalue weighted by Gasteiger charge is -2.56. The second-order valence-corrected chi connectivity index (χ2v) is 7.90. The van der Waals surface area contributed by atoms with Crippen molar-refractivity contribution in [3.63, 3.8) is 0 Å². The zero-order chi connectivity index (χ0) is 14.8. The molecule has 5 fully saturated rings. The molecule has 1 aliphatic heterocycles. The van der Waals surface area contributed by atoms with Crippen molar-refractivity contribution in [2.24, 2.45) is 23.2 Å². The summed E-state index contributed by atoms with van der Waals surface area (Å²) in [5, 5.41) is 19.1. The first kappa shape index (κ1) is 13.6. The normalized spacial score (nSPS) is 47.9. The molecule has 0 aromatic heterocycles. The van der Waals surface area contributed by atoms with E-state index in [1.54, 1.807) is 0 Å². The predicted octanol–water partition coefficient (Wildman–Crippen LogP) is 1.25. The largest absolute Gasteiger partial charge is 0.480 e. The highest BCUT2D eigenvalue weighted by Gasteiger charge is 2.57. The lowest BCUT2D eigenvalue weighted by molar-refractivity contribution is -0.163. The van der Waals surface area contributed by atoms with Crippen LogP contribution in [-0.4, -0.2) is 45.7 Å². The van der Waals surface area contributed by atoms with Gasteiger partial charge in [0.05, 0.1) is 11.5 Å². The average molecular weight is 293 g/mol. The van der Waals surface area contributed by atoms with Gasteiger partial charge in [-0.25, -0.2) is 4.79 Å². The molecule has 0 aromatic carbocycles. The van der Waals surface area contributed by atoms with Gasteiger partial charge >= 0.3 is 5.97 Å². The number of hydrogen-bond donors (Lipinski definition) is 2. The number of carboxylic acids is 1. The van der Waals surface area contributed by atoms with E-state index in [0.717, 1.165) is 19.3 Å². The average Bonchev–Trinajstić information content (AvgIpc) is 2.78. The van der Waals surface area contributed by atoms with Gasteiger partial charge in [0.1, 0.15) is 6.04 Å². The van der Waals surface area contributed by atoms with Crippen LogP contribution in [-0.2, 0) is 9.59 Å². The molecular weight excluding hydrogens is 270 g/mol. The second kappa shape index (κ2) is 4.45. The molecule has 0 unspecified atom stereocenters. The van der Waals surface area contributed by atoms with Crippen LogP contribution in [0.3, 0.4) is 0 Å². The van der Waals surface area contributed by atoms with E-state index in [4.69, 9.17) is 0 Å². The van der Waals surface area contributed by atoms with Crippen molar-refractivity contribution in [1.29, 1.82) is 0 Å². The minimum atomic E-state index is -0.982. The van der Waals surface area contributed by atoms with Crippen molar-refractivity contribution in [3.8, 4) is 0 Å². The Hall–Kier alpha value is -1.10. The summed E-state index contributed by atoms with van der Waals surface area (Å²) < 4.78 is 0. The predicted molar refractivity (Wildman–Crippen MR) is 74.4 cm³/mol. The number of aliphatic carboxylic acids is 1. The highest BCUT2D eigenvalue weighted by Crippen LogP contribution is 2.60. The SMILES string of the molecule is O=C(O)[C@@H]1C[C@H](O)CN1C(=O)C12CC3CC(CC(C3)C1)C2. The van der Waals surface area contributed by atoms with Gasteiger partial charge in [-0.1, -0.05) is 0 Å². The van der Waals surface area contributed by atoms with Gasteiger partial charge < -0.3 is 15.1 Å². The number of rotatable bonds is 2. The highest BCUT2D eigenvalue weighted by molar-refractivity contribution is 5.88. The molecule has 5 nitrogen and oxygen atoms in total. The summed E-state index contributed by atoms with van der Waals surface area (Å²) in [7, 11) is 0. The molecule has 4 saturated carbocycles. The first-order chi connectivity index (χ1) is 9.97. The Morgan fingerprint density at radius 1 is 0.952 bits per heavy atom. The Labute approximate surface area is 124 Å². The summed E-state index contributed by atoms with van der Waals surface area (Å²) in [4.78, 5) is 26.0. The Kier molecular flexibility index (Phi) is 2.87. The third-order valence-electron chi connectivity index (χ3n) is 6.32. The van der Waals surface area contributed by atoms with Gasteiger partial charge in [-0.15, -0.1) is 0 Å². The number of likely N-dealkylation sites (tertiary alicyclic amines) is 1. The van der Waals surface area contributed by atoms with Gasteiger partial charge in [0.2, 0.25) is 5.91 Å². The molecule has 0 spiro atoms. The molecule has 5 heteroatoms. The van der Waals surface area contributed by atoms with Crippen molar-refractivity contribution in [2.75, 3.05) is 6.54 Å². The van der Waals surface area contributed by atoms with Crippen LogP contribution >= 0.6 is 0 Å². The van der Waals surface area contributed by atoms with Crippen LogP contribution in [0.1, 0.15) is 44.9 Å². The van der Waals surface area contributed by atoms with Crippen LogP contribution < -0.4 is 0 Å². The molecule has 116 valence electrons. The van der Waals surface area contributed by atoms with E-state index in [1.165, 1.54) is 24.2 Å². The minimum Gasteiger partial charge on any atom is -0.480 e. The number of nitrogens with zero attached hydrogens (tertiary/aromatic N) is 1. The van der Waals surface area contributed by atoms with Gasteiger partial charge in [0.15, 0.2) is 0 Å². The van der Waals surface area contributed by atoms with E-state index in [1.807, 2.05) is 0 Å². The molecule has 5 aliphatic rings. The second-order valence-electron chi connectivity index (χ2n) is 7.90. The molecule has 1 heterocycles. The van der Waals surface area contributed by atoms with E-state index in [-0.39, 0.29) is 24.3 Å². The molecule has 5 rings (SSSR count). The van der Waals surface area contributed by atoms with Crippen molar-refractivity contribution in [2.45, 2.75) is 57.1 Å². The first-order valence-corrected chi connectivity index (χ1v) is 8.19. The van der Waals surface area contributed by atoms with Crippen LogP contribution in [0.5, 0.6) is 0 Å². The number of carbonyl (C=O) groups is 2. The fraction of sp³-hybridized carbons (Fsp3) is 0.875. The summed E-state index contributed by atoms with van der Waals surface area (Å²) >= 11 is 0. The van der Waals surface area contributed by atoms with Crippen LogP contribution in [0.25, 0.3) is 0 Å². The Balaban J connectivity index is 1.61. The number of carbonyl (C=O) groups excluding carboxylic acids is 1. The maximum absolute atomic E-state index is 13.1. The summed E-state index contributed by atoms with van der Waals surface area (Å²) in [5.41, 5.74) is -0.313. The van der Waals surface area contributed by atoms with Crippen LogP contribution in [0, 0.1) is 23.2 Å². The van der Waals surface area contributed by atoms with E-state index in [0.29, 0.717) is 17.8 Å².